The van der Waals surface area contributed by atoms with E-state index in [1.54, 1.807) is 36.4 Å². The maximum Gasteiger partial charge on any atom is 0.433 e. The number of aromatic nitrogens is 1. The fraction of sp³-hybridized carbons (Fsp3) is 0.200. The summed E-state index contributed by atoms with van der Waals surface area (Å²) in [6.45, 7) is 0.780. The first kappa shape index (κ1) is 25.9. The van der Waals surface area contributed by atoms with Crippen molar-refractivity contribution in [1.82, 2.24) is 15.3 Å². The van der Waals surface area contributed by atoms with Crippen molar-refractivity contribution < 1.29 is 24.2 Å². The molecule has 0 spiro atoms. The number of para-hydroxylation sites is 2. The number of ether oxygens (including phenoxy) is 1. The molecule has 1 aliphatic heterocycles. The summed E-state index contributed by atoms with van der Waals surface area (Å²) in [5, 5.41) is 11.5. The Morgan fingerprint density at radius 1 is 1.00 bits per heavy atom. The molecule has 1 aliphatic rings. The Morgan fingerprint density at radius 2 is 1.67 bits per heavy atom. The summed E-state index contributed by atoms with van der Waals surface area (Å²) in [4.78, 5) is 45.7. The molecule has 1 unspecified atom stereocenters. The van der Waals surface area contributed by atoms with Crippen molar-refractivity contribution in [2.45, 2.75) is 25.4 Å². The van der Waals surface area contributed by atoms with Gasteiger partial charge in [0.05, 0.1) is 29.6 Å². The van der Waals surface area contributed by atoms with Crippen molar-refractivity contribution in [3.63, 3.8) is 0 Å². The topological polar surface area (TPSA) is 112 Å². The van der Waals surface area contributed by atoms with E-state index in [9.17, 15) is 19.5 Å². The van der Waals surface area contributed by atoms with Crippen LogP contribution in [-0.2, 0) is 16.1 Å². The largest absolute Gasteiger partial charge is 0.480 e. The number of carboxylic acids is 1. The highest BCUT2D eigenvalue weighted by atomic mass is 16.5. The number of benzene rings is 3. The lowest BCUT2D eigenvalue weighted by Crippen LogP contribution is -2.47. The molecule has 2 heterocycles. The van der Waals surface area contributed by atoms with Gasteiger partial charge in [0, 0.05) is 23.1 Å². The third kappa shape index (κ3) is 5.30. The van der Waals surface area contributed by atoms with E-state index >= 15 is 0 Å². The number of rotatable bonds is 6. The summed E-state index contributed by atoms with van der Waals surface area (Å²) in [7, 11) is 1.24. The average Bonchev–Trinajstić information content (AvgIpc) is 3.44. The maximum absolute atomic E-state index is 14.1. The molecule has 5 rings (SSSR count). The molecule has 2 amide bonds. The fourth-order valence-corrected chi connectivity index (χ4v) is 5.04. The van der Waals surface area contributed by atoms with Crippen LogP contribution in [0.15, 0.2) is 84.9 Å². The lowest BCUT2D eigenvalue weighted by molar-refractivity contribution is -0.142. The van der Waals surface area contributed by atoms with Crippen LogP contribution in [0.25, 0.3) is 22.2 Å². The van der Waals surface area contributed by atoms with E-state index in [1.807, 2.05) is 53.4 Å². The number of carboxylic acid groups (broad SMARTS) is 1. The van der Waals surface area contributed by atoms with Crippen molar-refractivity contribution >= 4 is 34.6 Å². The molecule has 9 nitrogen and oxygen atoms in total. The number of hydrazine groups is 1. The number of nitrogens with zero attached hydrogens (tertiary/aromatic N) is 3. The number of carbonyl (C=O) groups excluding carboxylic acids is 2. The van der Waals surface area contributed by atoms with E-state index < -0.39 is 24.0 Å². The number of hydrogen-bond acceptors (Lipinski definition) is 6. The number of likely N-dealkylation sites (tertiary alicyclic amines) is 1. The molecule has 0 saturated carbocycles. The summed E-state index contributed by atoms with van der Waals surface area (Å²) in [5.41, 5.74) is 6.04. The molecule has 0 radical (unpaired) electrons. The molecule has 1 aromatic heterocycles. The summed E-state index contributed by atoms with van der Waals surface area (Å²) >= 11 is 0. The zero-order valence-corrected chi connectivity index (χ0v) is 21.4. The number of methoxy groups -OCH3 is 1. The molecule has 0 aliphatic carbocycles. The molecule has 1 fully saturated rings. The monoisotopic (exact) mass is 524 g/mol. The van der Waals surface area contributed by atoms with Gasteiger partial charge in [0.1, 0.15) is 6.04 Å². The van der Waals surface area contributed by atoms with Gasteiger partial charge in [0.25, 0.3) is 5.91 Å². The lowest BCUT2D eigenvalue weighted by atomic mass is 9.95. The van der Waals surface area contributed by atoms with Gasteiger partial charge in [0.15, 0.2) is 0 Å². The number of aliphatic carboxylic acids is 1. The first-order valence-electron chi connectivity index (χ1n) is 12.7. The molecular formula is C30H28N4O5. The number of amides is 2. The Hall–Kier alpha value is -4.76. The van der Waals surface area contributed by atoms with Crippen molar-refractivity contribution in [2.75, 3.05) is 18.7 Å². The normalized spacial score (nSPS) is 15.2. The van der Waals surface area contributed by atoms with Crippen molar-refractivity contribution in [2.24, 2.45) is 0 Å². The fourth-order valence-electron chi connectivity index (χ4n) is 5.04. The van der Waals surface area contributed by atoms with Crippen LogP contribution in [0.1, 0.15) is 28.8 Å². The molecular weight excluding hydrogens is 496 g/mol. The standard InChI is InChI=1S/C30H28N4O5/c1-39-30(38)34(21-13-6-3-7-14-21)32-28(35)26-22-15-8-9-16-24(22)31-27(20-11-4-2-5-12-20)23(26)19-33-18-10-17-25(33)29(36)37/h2-9,11-16,25H,10,17-19H2,1H3,(H,32,35)(H,36,37). The van der Waals surface area contributed by atoms with Gasteiger partial charge in [-0.2, -0.15) is 5.01 Å². The smallest absolute Gasteiger partial charge is 0.433 e. The van der Waals surface area contributed by atoms with Crippen LogP contribution in [-0.4, -0.2) is 52.7 Å². The van der Waals surface area contributed by atoms with E-state index in [-0.39, 0.29) is 6.54 Å². The van der Waals surface area contributed by atoms with E-state index in [4.69, 9.17) is 9.72 Å². The molecule has 198 valence electrons. The van der Waals surface area contributed by atoms with Gasteiger partial charge in [-0.25, -0.2) is 9.78 Å². The quantitative estimate of drug-likeness (QED) is 0.346. The highest BCUT2D eigenvalue weighted by Gasteiger charge is 2.33. The van der Waals surface area contributed by atoms with Gasteiger partial charge >= 0.3 is 12.1 Å². The predicted molar refractivity (Wildman–Crippen MR) is 147 cm³/mol. The van der Waals surface area contributed by atoms with Crippen LogP contribution < -0.4 is 10.4 Å². The first-order chi connectivity index (χ1) is 19.0. The molecule has 0 bridgehead atoms. The minimum atomic E-state index is -0.894. The van der Waals surface area contributed by atoms with Gasteiger partial charge in [-0.05, 0) is 37.6 Å². The minimum absolute atomic E-state index is 0.200. The number of nitrogens with one attached hydrogen (secondary N) is 1. The van der Waals surface area contributed by atoms with Crippen molar-refractivity contribution in [3.05, 3.63) is 96.1 Å². The van der Waals surface area contributed by atoms with Crippen molar-refractivity contribution in [1.29, 1.82) is 0 Å². The van der Waals surface area contributed by atoms with Crippen molar-refractivity contribution in [3.8, 4) is 11.3 Å². The van der Waals surface area contributed by atoms with Crippen LogP contribution in [0.4, 0.5) is 10.5 Å². The molecule has 3 aromatic carbocycles. The van der Waals surface area contributed by atoms with Gasteiger partial charge < -0.3 is 9.84 Å². The van der Waals surface area contributed by atoms with Crippen LogP contribution in [0.2, 0.25) is 0 Å². The van der Waals surface area contributed by atoms with Crippen LogP contribution >= 0.6 is 0 Å². The third-order valence-corrected chi connectivity index (χ3v) is 6.86. The van der Waals surface area contributed by atoms with E-state index in [2.05, 4.69) is 5.43 Å². The Labute approximate surface area is 225 Å². The minimum Gasteiger partial charge on any atom is -0.480 e. The Balaban J connectivity index is 1.69. The summed E-state index contributed by atoms with van der Waals surface area (Å²) < 4.78 is 4.95. The number of hydrogen-bond donors (Lipinski definition) is 2. The summed E-state index contributed by atoms with van der Waals surface area (Å²) in [5.74, 6) is -1.43. The summed E-state index contributed by atoms with van der Waals surface area (Å²) in [6, 6.07) is 24.8. The second kappa shape index (κ2) is 11.3. The van der Waals surface area contributed by atoms with Crippen LogP contribution in [0, 0.1) is 0 Å². The number of pyridine rings is 1. The van der Waals surface area contributed by atoms with Gasteiger partial charge in [-0.1, -0.05) is 66.7 Å². The van der Waals surface area contributed by atoms with E-state index in [1.165, 1.54) is 7.11 Å². The Kier molecular flexibility index (Phi) is 7.51. The lowest BCUT2D eigenvalue weighted by Gasteiger charge is -2.26. The van der Waals surface area contributed by atoms with Crippen LogP contribution in [0.5, 0.6) is 0 Å². The number of fused-ring (bicyclic) bond motifs is 1. The third-order valence-electron chi connectivity index (χ3n) is 6.86. The highest BCUT2D eigenvalue weighted by Crippen LogP contribution is 2.33. The zero-order valence-electron chi connectivity index (χ0n) is 21.4. The number of anilines is 1. The zero-order chi connectivity index (χ0) is 27.4. The van der Waals surface area contributed by atoms with Gasteiger partial charge in [-0.15, -0.1) is 0 Å². The highest BCUT2D eigenvalue weighted by molar-refractivity contribution is 6.10. The molecule has 39 heavy (non-hydrogen) atoms. The number of carbonyl (C=O) groups is 3. The van der Waals surface area contributed by atoms with Gasteiger partial charge in [-0.3, -0.25) is 19.9 Å². The average molecular weight is 525 g/mol. The summed E-state index contributed by atoms with van der Waals surface area (Å²) in [6.07, 6.45) is 0.510. The second-order valence-electron chi connectivity index (χ2n) is 9.25. The predicted octanol–water partition coefficient (Wildman–Crippen LogP) is 4.87. The molecule has 1 atom stereocenters. The SMILES string of the molecule is COC(=O)N(NC(=O)c1c(CN2CCCC2C(=O)O)c(-c2ccccc2)nc2ccccc12)c1ccccc1. The molecule has 2 N–H and O–H groups in total. The molecule has 4 aromatic rings. The Morgan fingerprint density at radius 3 is 2.36 bits per heavy atom. The van der Waals surface area contributed by atoms with E-state index in [0.717, 1.165) is 17.0 Å². The second-order valence-corrected chi connectivity index (χ2v) is 9.25. The Bertz CT molecular complexity index is 1510. The van der Waals surface area contributed by atoms with Gasteiger partial charge in [0.2, 0.25) is 0 Å². The van der Waals surface area contributed by atoms with Crippen LogP contribution in [0.3, 0.4) is 0 Å². The molecule has 1 saturated heterocycles. The van der Waals surface area contributed by atoms with E-state index in [0.29, 0.717) is 46.4 Å². The maximum atomic E-state index is 14.1. The first-order valence-corrected chi connectivity index (χ1v) is 12.7. The molecule has 9 heteroatoms.